The Hall–Kier alpha value is -11.2. The van der Waals surface area contributed by atoms with Gasteiger partial charge in [-0.05, 0) is 158 Å². The molecule has 0 N–H and O–H groups in total. The predicted molar refractivity (Wildman–Crippen MR) is 492 cm³/mol. The second kappa shape index (κ2) is 36.5. The Bertz CT molecular complexity index is 6210. The number of ether oxygens (including phenoxy) is 9. The molecule has 12 aromatic rings. The predicted octanol–water partition coefficient (Wildman–Crippen LogP) is 13.6. The van der Waals surface area contributed by atoms with Crippen LogP contribution in [-0.4, -0.2) is 230 Å². The lowest BCUT2D eigenvalue weighted by Gasteiger charge is -2.39. The number of rotatable bonds is 28. The molecule has 0 amide bonds. The number of hydrogen-bond acceptors (Lipinski definition) is 27. The van der Waals surface area contributed by atoms with E-state index >= 15 is 8.78 Å². The third-order valence-corrected chi connectivity index (χ3v) is 28.7. The van der Waals surface area contributed by atoms with E-state index in [9.17, 15) is 0 Å². The minimum atomic E-state index is -0.462. The van der Waals surface area contributed by atoms with Crippen molar-refractivity contribution < 1.29 is 51.4 Å². The summed E-state index contributed by atoms with van der Waals surface area (Å²) in [6.45, 7) is 18.5. The maximum absolute atomic E-state index is 16.6. The number of likely N-dealkylation sites (tertiary alicyclic amines) is 3. The number of nitrogens with zero attached hydrogens (tertiary/aromatic N) is 21. The first-order valence-corrected chi connectivity index (χ1v) is 46.3. The highest BCUT2D eigenvalue weighted by molar-refractivity contribution is 6.37. The summed E-state index contributed by atoms with van der Waals surface area (Å²) in [5.41, 5.74) is 11.1. The molecule has 21 rings (SSSR count). The van der Waals surface area contributed by atoms with Gasteiger partial charge in [0.25, 0.3) is 0 Å². The zero-order valence-corrected chi connectivity index (χ0v) is 76.0. The number of halogens is 4. The Morgan fingerprint density at radius 3 is 1.32 bits per heavy atom. The van der Waals surface area contributed by atoms with Crippen molar-refractivity contribution in [3.8, 4) is 35.3 Å². The fourth-order valence-electron chi connectivity index (χ4n) is 21.2. The maximum Gasteiger partial charge on any atom is 0.318 e. The van der Waals surface area contributed by atoms with Gasteiger partial charge in [-0.3, -0.25) is 9.80 Å². The quantitative estimate of drug-likeness (QED) is 0.0327. The van der Waals surface area contributed by atoms with Crippen LogP contribution in [0.1, 0.15) is 97.3 Å². The standard InChI is InChI=1S/C96H109Cl2F2N21O9/c1-58-36-116-52-101-34-69(116)41-119(58)91-74-19-23-113(83-31-71(128-55-122-7)28-63-12-8-16-77(97)87(63)83)43-80(74)105-95(107-91)126-50-67-27-62(40-112(67)6)48-124-57-130-73-30-65-14-10-18-79(99)89(65)85(33-73)115-25-21-75-82(45-115)106-96(108-92(75)120-42-70-35-102-53-117(70)37-59(120)2)127-51-68-26-61(39-111(68)5)47-123-56-129-72-29-64-13-9-17-78(98)88(64)84(32-72)114-24-20-76-81(44-114)104-94(125-49-66-15-11-22-110(66)4)109-93(76)121-46-86-90(100)103-54-118(86)38-60(121)3/h8-10,12-14,16-18,28-35,52-54,58-62,66-68H,11,15,19-27,36-51,55-57H2,1-7H3/t58-,59-,60-,61?,62?,66+,67+,68+/m1/s1. The highest BCUT2D eigenvalue weighted by Crippen LogP contribution is 2.46. The van der Waals surface area contributed by atoms with E-state index in [2.05, 4.69) is 128 Å². The van der Waals surface area contributed by atoms with Crippen molar-refractivity contribution in [3.63, 3.8) is 0 Å². The van der Waals surface area contributed by atoms with E-state index in [-0.39, 0.29) is 74.3 Å². The van der Waals surface area contributed by atoms with Gasteiger partial charge in [-0.15, -0.1) is 0 Å². The van der Waals surface area contributed by atoms with E-state index in [0.29, 0.717) is 185 Å². The topological polar surface area (TPSA) is 243 Å². The molecular formula is C96H109Cl2F2N21O9. The van der Waals surface area contributed by atoms with Gasteiger partial charge in [-0.1, -0.05) is 59.6 Å². The first-order chi connectivity index (χ1) is 63.4. The Morgan fingerprint density at radius 2 is 0.862 bits per heavy atom. The molecule has 2 unspecified atom stereocenters. The van der Waals surface area contributed by atoms with Crippen molar-refractivity contribution in [1.82, 2.24) is 73.3 Å². The monoisotopic (exact) mass is 1810 g/mol. The molecule has 9 aliphatic heterocycles. The molecule has 0 saturated carbocycles. The summed E-state index contributed by atoms with van der Waals surface area (Å²) in [6.07, 6.45) is 15.0. The van der Waals surface area contributed by atoms with Crippen molar-refractivity contribution in [2.45, 2.75) is 161 Å². The van der Waals surface area contributed by atoms with Gasteiger partial charge >= 0.3 is 18.0 Å². The number of hydrogen-bond donors (Lipinski definition) is 0. The third kappa shape index (κ3) is 17.2. The molecule has 0 aliphatic carbocycles. The third-order valence-electron chi connectivity index (χ3n) is 28.1. The fourth-order valence-corrected chi connectivity index (χ4v) is 21.7. The van der Waals surface area contributed by atoms with E-state index in [1.165, 1.54) is 6.07 Å². The van der Waals surface area contributed by atoms with Gasteiger partial charge in [0.2, 0.25) is 5.95 Å². The Morgan fingerprint density at radius 1 is 0.431 bits per heavy atom. The molecule has 30 nitrogen and oxygen atoms in total. The van der Waals surface area contributed by atoms with Crippen LogP contribution in [0.3, 0.4) is 0 Å². The lowest BCUT2D eigenvalue weighted by molar-refractivity contribution is -0.000794. The molecule has 3 saturated heterocycles. The van der Waals surface area contributed by atoms with E-state index in [1.807, 2.05) is 90.3 Å². The summed E-state index contributed by atoms with van der Waals surface area (Å²) in [4.78, 5) is 65.1. The van der Waals surface area contributed by atoms with Crippen LogP contribution in [0, 0.1) is 23.6 Å². The number of aromatic nitrogens is 12. The average Bonchev–Trinajstić information content (AvgIpc) is 1.28. The van der Waals surface area contributed by atoms with Crippen LogP contribution in [0.5, 0.6) is 35.3 Å². The first-order valence-electron chi connectivity index (χ1n) is 45.5. The molecule has 3 fully saturated rings. The van der Waals surface area contributed by atoms with Gasteiger partial charge in [-0.2, -0.15) is 34.3 Å². The van der Waals surface area contributed by atoms with Crippen molar-refractivity contribution in [2.24, 2.45) is 11.8 Å². The Balaban J connectivity index is 0.465. The first kappa shape index (κ1) is 85.5. The molecular weight excluding hydrogens is 1700 g/mol. The van der Waals surface area contributed by atoms with Gasteiger partial charge in [-0.25, -0.2) is 19.3 Å². The molecule has 9 aliphatic rings. The number of anilines is 6. The van der Waals surface area contributed by atoms with Crippen LogP contribution >= 0.6 is 23.2 Å². The zero-order valence-electron chi connectivity index (χ0n) is 74.5. The number of imidazole rings is 3. The zero-order chi connectivity index (χ0) is 88.5. The molecule has 6 aromatic carbocycles. The SMILES string of the molecule is COCOc1cc(N2CCc3c(nc(OC[C@@H]4CC(COCOc5cc(N6CCc7c(nc(OC[C@@H]8CC(COCOc9cc(N%10CCc%11c(nc(OC[C@@H]%12CCCN%12C)nc%11N%11Cc%12c(F)ncn%12C[C@H]%11C)C%10)c%10c(Cl)cccc%10c9)CN8C)nc7N7Cc8cncn8C[C@H]7C)C6)c6c(F)cccc6c5)CN4C)nc3N3Cc4cncn4C[C@H]3C)C2)c2c(Cl)cccc2c1. The second-order valence-corrected chi connectivity index (χ2v) is 37.5. The van der Waals surface area contributed by atoms with Crippen molar-refractivity contribution >= 4 is 90.0 Å². The van der Waals surface area contributed by atoms with Crippen LogP contribution in [0.2, 0.25) is 10.0 Å². The van der Waals surface area contributed by atoms with Gasteiger partial charge in [0.15, 0.2) is 20.4 Å². The van der Waals surface area contributed by atoms with E-state index in [4.69, 9.17) is 95.7 Å². The Kier molecular flexibility index (Phi) is 24.0. The van der Waals surface area contributed by atoms with Crippen LogP contribution in [-0.2, 0) is 92.4 Å². The van der Waals surface area contributed by atoms with Gasteiger partial charge in [0, 0.05) is 159 Å². The summed E-state index contributed by atoms with van der Waals surface area (Å²) in [7, 11) is 8.01. The van der Waals surface area contributed by atoms with Crippen LogP contribution in [0.15, 0.2) is 122 Å². The van der Waals surface area contributed by atoms with Crippen LogP contribution < -0.4 is 57.8 Å². The van der Waals surface area contributed by atoms with Gasteiger partial charge < -0.3 is 90.6 Å². The largest absolute Gasteiger partial charge is 0.467 e. The molecule has 0 bridgehead atoms. The highest BCUT2D eigenvalue weighted by atomic mass is 35.5. The average molecular weight is 1810 g/mol. The summed E-state index contributed by atoms with van der Waals surface area (Å²) in [5, 5.41) is 6.29. The minimum Gasteiger partial charge on any atom is -0.467 e. The summed E-state index contributed by atoms with van der Waals surface area (Å²) in [5.74, 6) is 4.01. The van der Waals surface area contributed by atoms with Crippen molar-refractivity contribution in [2.75, 3.05) is 150 Å². The van der Waals surface area contributed by atoms with E-state index in [0.717, 1.165) is 154 Å². The molecule has 0 radical (unpaired) electrons. The molecule has 130 heavy (non-hydrogen) atoms. The van der Waals surface area contributed by atoms with Gasteiger partial charge in [0.05, 0.1) is 133 Å². The molecule has 680 valence electrons. The molecule has 8 atom stereocenters. The molecule has 15 heterocycles. The smallest absolute Gasteiger partial charge is 0.318 e. The Labute approximate surface area is 763 Å². The lowest BCUT2D eigenvalue weighted by atomic mass is 10.0. The van der Waals surface area contributed by atoms with Crippen LogP contribution in [0.4, 0.5) is 43.3 Å². The normalized spacial score (nSPS) is 21.7. The summed E-state index contributed by atoms with van der Waals surface area (Å²) in [6, 6.07) is 30.6. The maximum atomic E-state index is 16.6. The number of methoxy groups -OCH3 is 1. The van der Waals surface area contributed by atoms with E-state index < -0.39 is 5.95 Å². The van der Waals surface area contributed by atoms with Crippen LogP contribution in [0.25, 0.3) is 32.3 Å². The molecule has 0 spiro atoms. The summed E-state index contributed by atoms with van der Waals surface area (Å²) >= 11 is 14.1. The summed E-state index contributed by atoms with van der Waals surface area (Å²) < 4.78 is 95.3. The van der Waals surface area contributed by atoms with E-state index in [1.54, 1.807) is 19.5 Å². The van der Waals surface area contributed by atoms with Crippen molar-refractivity contribution in [1.29, 1.82) is 0 Å². The highest BCUT2D eigenvalue weighted by Gasteiger charge is 2.40. The molecule has 34 heteroatoms. The number of fused-ring (bicyclic) bond motifs is 9. The lowest BCUT2D eigenvalue weighted by Crippen LogP contribution is -2.43. The second-order valence-electron chi connectivity index (χ2n) is 36.7. The minimum absolute atomic E-state index is 0.00458. The number of benzene rings is 6. The van der Waals surface area contributed by atoms with Crippen molar-refractivity contribution in [3.05, 3.63) is 195 Å². The fraction of sp³-hybridized carbons (Fsp3) is 0.469. The van der Waals surface area contributed by atoms with Gasteiger partial charge in [0.1, 0.15) is 60.3 Å². The number of likely N-dealkylation sites (N-methyl/N-ethyl adjacent to an activating group) is 3. The molecule has 6 aromatic heterocycles.